The number of pyridine rings is 1. The minimum atomic E-state index is 0.376. The summed E-state index contributed by atoms with van der Waals surface area (Å²) in [6.45, 7) is 5.62. The minimum absolute atomic E-state index is 0.376. The Bertz CT molecular complexity index is 383. The number of hydrogen-bond donors (Lipinski definition) is 2. The second-order valence-electron chi connectivity index (χ2n) is 5.93. The van der Waals surface area contributed by atoms with E-state index in [0.29, 0.717) is 17.8 Å². The van der Waals surface area contributed by atoms with Gasteiger partial charge in [-0.1, -0.05) is 32.8 Å². The second kappa shape index (κ2) is 6.90. The summed E-state index contributed by atoms with van der Waals surface area (Å²) in [5.41, 5.74) is 7.27. The van der Waals surface area contributed by atoms with E-state index < -0.39 is 0 Å². The van der Waals surface area contributed by atoms with Gasteiger partial charge in [-0.2, -0.15) is 0 Å². The maximum absolute atomic E-state index is 6.08. The van der Waals surface area contributed by atoms with E-state index in [0.717, 1.165) is 18.9 Å². The summed E-state index contributed by atoms with van der Waals surface area (Å²) < 4.78 is 0. The largest absolute Gasteiger partial charge is 0.383 e. The fourth-order valence-electron chi connectivity index (χ4n) is 3.14. The highest BCUT2D eigenvalue weighted by Crippen LogP contribution is 2.37. The van der Waals surface area contributed by atoms with Gasteiger partial charge in [0.15, 0.2) is 0 Å². The fraction of sp³-hybridized carbons (Fsp3) is 0.688. The Kier molecular flexibility index (Phi) is 5.20. The zero-order chi connectivity index (χ0) is 13.7. The van der Waals surface area contributed by atoms with Crippen molar-refractivity contribution in [2.24, 2.45) is 11.8 Å². The van der Waals surface area contributed by atoms with Crippen molar-refractivity contribution in [1.82, 2.24) is 10.3 Å². The van der Waals surface area contributed by atoms with Crippen LogP contribution in [-0.2, 0) is 0 Å². The molecule has 0 saturated heterocycles. The average Bonchev–Trinajstić information content (AvgIpc) is 2.43. The van der Waals surface area contributed by atoms with Gasteiger partial charge in [0.1, 0.15) is 5.82 Å². The number of rotatable bonds is 5. The molecule has 1 fully saturated rings. The van der Waals surface area contributed by atoms with Crippen LogP contribution in [0.2, 0.25) is 0 Å². The Morgan fingerprint density at radius 2 is 2.11 bits per heavy atom. The van der Waals surface area contributed by atoms with E-state index in [9.17, 15) is 0 Å². The van der Waals surface area contributed by atoms with Crippen molar-refractivity contribution in [3.05, 3.63) is 23.9 Å². The van der Waals surface area contributed by atoms with E-state index >= 15 is 0 Å². The summed E-state index contributed by atoms with van der Waals surface area (Å²) in [6, 6.07) is 4.51. The van der Waals surface area contributed by atoms with Gasteiger partial charge in [0.2, 0.25) is 0 Å². The van der Waals surface area contributed by atoms with Crippen LogP contribution in [0, 0.1) is 11.8 Å². The van der Waals surface area contributed by atoms with Crippen molar-refractivity contribution in [3.8, 4) is 0 Å². The van der Waals surface area contributed by atoms with Crippen molar-refractivity contribution in [1.29, 1.82) is 0 Å². The number of nitrogen functional groups attached to an aromatic ring is 1. The van der Waals surface area contributed by atoms with E-state index in [1.54, 1.807) is 6.20 Å². The molecule has 1 saturated carbocycles. The molecule has 1 aliphatic carbocycles. The zero-order valence-electron chi connectivity index (χ0n) is 12.2. The topological polar surface area (TPSA) is 50.9 Å². The normalized spacial score (nSPS) is 25.2. The highest BCUT2D eigenvalue weighted by molar-refractivity contribution is 5.41. The number of nitrogens with one attached hydrogen (secondary N) is 1. The van der Waals surface area contributed by atoms with Gasteiger partial charge in [0.05, 0.1) is 0 Å². The molecule has 1 aliphatic rings. The molecule has 0 amide bonds. The lowest BCUT2D eigenvalue weighted by molar-refractivity contribution is 0.232. The molecule has 106 valence electrons. The first kappa shape index (κ1) is 14.3. The number of hydrogen-bond acceptors (Lipinski definition) is 3. The molecule has 3 heteroatoms. The fourth-order valence-corrected chi connectivity index (χ4v) is 3.14. The van der Waals surface area contributed by atoms with Crippen molar-refractivity contribution in [2.45, 2.75) is 52.0 Å². The number of anilines is 1. The van der Waals surface area contributed by atoms with Crippen molar-refractivity contribution < 1.29 is 0 Å². The third-order valence-electron chi connectivity index (χ3n) is 4.35. The third kappa shape index (κ3) is 3.69. The van der Waals surface area contributed by atoms with E-state index in [-0.39, 0.29) is 0 Å². The lowest BCUT2D eigenvalue weighted by Crippen LogP contribution is -2.32. The Balaban J connectivity index is 2.13. The predicted octanol–water partition coefficient (Wildman–Crippen LogP) is 3.53. The molecular formula is C16H27N3. The Morgan fingerprint density at radius 1 is 1.37 bits per heavy atom. The van der Waals surface area contributed by atoms with Crippen LogP contribution in [0.4, 0.5) is 5.82 Å². The van der Waals surface area contributed by atoms with Crippen LogP contribution < -0.4 is 11.1 Å². The zero-order valence-corrected chi connectivity index (χ0v) is 12.2. The molecule has 0 aliphatic heterocycles. The Labute approximate surface area is 117 Å². The van der Waals surface area contributed by atoms with Gasteiger partial charge in [-0.25, -0.2) is 4.98 Å². The van der Waals surface area contributed by atoms with E-state index in [4.69, 9.17) is 5.73 Å². The van der Waals surface area contributed by atoms with Crippen molar-refractivity contribution in [2.75, 3.05) is 12.3 Å². The molecule has 0 radical (unpaired) electrons. The van der Waals surface area contributed by atoms with Crippen LogP contribution in [0.5, 0.6) is 0 Å². The summed E-state index contributed by atoms with van der Waals surface area (Å²) in [6.07, 6.45) is 8.22. The van der Waals surface area contributed by atoms with Gasteiger partial charge >= 0.3 is 0 Å². The number of nitrogens with zero attached hydrogens (tertiary/aromatic N) is 1. The molecule has 19 heavy (non-hydrogen) atoms. The Hall–Kier alpha value is -1.09. The molecule has 3 N–H and O–H groups in total. The highest BCUT2D eigenvalue weighted by Gasteiger charge is 2.28. The highest BCUT2D eigenvalue weighted by atomic mass is 14.9. The molecule has 1 aromatic rings. The molecule has 1 atom stereocenters. The van der Waals surface area contributed by atoms with Gasteiger partial charge in [-0.05, 0) is 43.7 Å². The van der Waals surface area contributed by atoms with Crippen LogP contribution in [0.3, 0.4) is 0 Å². The average molecular weight is 261 g/mol. The first-order valence-electron chi connectivity index (χ1n) is 7.66. The summed E-state index contributed by atoms with van der Waals surface area (Å²) in [5.74, 6) is 2.28. The van der Waals surface area contributed by atoms with Gasteiger partial charge in [-0.15, -0.1) is 0 Å². The van der Waals surface area contributed by atoms with Gasteiger partial charge in [0.25, 0.3) is 0 Å². The molecule has 3 nitrogen and oxygen atoms in total. The van der Waals surface area contributed by atoms with Crippen LogP contribution in [-0.4, -0.2) is 11.5 Å². The van der Waals surface area contributed by atoms with Crippen LogP contribution >= 0.6 is 0 Å². The quantitative estimate of drug-likeness (QED) is 0.852. The SMILES string of the molecule is CCCNC(c1cccnc1N)C1CCC(C)CC1. The molecule has 1 unspecified atom stereocenters. The lowest BCUT2D eigenvalue weighted by Gasteiger charge is -2.34. The third-order valence-corrected chi connectivity index (χ3v) is 4.35. The molecule has 0 bridgehead atoms. The first-order chi connectivity index (χ1) is 9.22. The summed E-state index contributed by atoms with van der Waals surface area (Å²) >= 11 is 0. The van der Waals surface area contributed by atoms with Crippen molar-refractivity contribution >= 4 is 5.82 Å². The van der Waals surface area contributed by atoms with Gasteiger partial charge < -0.3 is 11.1 Å². The lowest BCUT2D eigenvalue weighted by atomic mass is 9.77. The van der Waals surface area contributed by atoms with E-state index in [1.807, 2.05) is 6.07 Å². The summed E-state index contributed by atoms with van der Waals surface area (Å²) in [4.78, 5) is 4.26. The predicted molar refractivity (Wildman–Crippen MR) is 80.8 cm³/mol. The van der Waals surface area contributed by atoms with E-state index in [1.165, 1.54) is 31.2 Å². The van der Waals surface area contributed by atoms with Crippen LogP contribution in [0.1, 0.15) is 57.6 Å². The summed E-state index contributed by atoms with van der Waals surface area (Å²) in [5, 5.41) is 3.69. The Morgan fingerprint density at radius 3 is 2.74 bits per heavy atom. The standard InChI is InChI=1S/C16H27N3/c1-3-10-18-15(13-8-6-12(2)7-9-13)14-5-4-11-19-16(14)17/h4-5,11-13,15,18H,3,6-10H2,1-2H3,(H2,17,19). The first-order valence-corrected chi connectivity index (χ1v) is 7.66. The number of aromatic nitrogens is 1. The van der Waals surface area contributed by atoms with E-state index in [2.05, 4.69) is 30.2 Å². The number of nitrogens with two attached hydrogens (primary N) is 1. The smallest absolute Gasteiger partial charge is 0.128 e. The van der Waals surface area contributed by atoms with Crippen LogP contribution in [0.25, 0.3) is 0 Å². The minimum Gasteiger partial charge on any atom is -0.383 e. The maximum atomic E-state index is 6.08. The molecule has 0 aromatic carbocycles. The molecule has 1 aromatic heterocycles. The second-order valence-corrected chi connectivity index (χ2v) is 5.93. The van der Waals surface area contributed by atoms with Crippen LogP contribution in [0.15, 0.2) is 18.3 Å². The molecular weight excluding hydrogens is 234 g/mol. The molecule has 1 heterocycles. The molecule has 0 spiro atoms. The molecule has 2 rings (SSSR count). The van der Waals surface area contributed by atoms with Gasteiger partial charge in [-0.3, -0.25) is 0 Å². The van der Waals surface area contributed by atoms with Gasteiger partial charge in [0, 0.05) is 17.8 Å². The monoisotopic (exact) mass is 261 g/mol. The summed E-state index contributed by atoms with van der Waals surface area (Å²) in [7, 11) is 0. The van der Waals surface area contributed by atoms with Crippen molar-refractivity contribution in [3.63, 3.8) is 0 Å². The maximum Gasteiger partial charge on any atom is 0.128 e.